The first kappa shape index (κ1) is 11.9. The van der Waals surface area contributed by atoms with Gasteiger partial charge >= 0.3 is 0 Å². The lowest BCUT2D eigenvalue weighted by Crippen LogP contribution is -2.24. The molecule has 88 valence electrons. The highest BCUT2D eigenvalue weighted by molar-refractivity contribution is 6.31. The smallest absolute Gasteiger partial charge is 0.127 e. The van der Waals surface area contributed by atoms with Crippen molar-refractivity contribution >= 4 is 11.6 Å². The molecule has 1 heterocycles. The molecule has 1 unspecified atom stereocenters. The first-order valence-electron chi connectivity index (χ1n) is 5.77. The third kappa shape index (κ3) is 2.23. The van der Waals surface area contributed by atoms with E-state index in [0.29, 0.717) is 11.1 Å². The first-order chi connectivity index (χ1) is 7.59. The van der Waals surface area contributed by atoms with E-state index in [9.17, 15) is 4.39 Å². The van der Waals surface area contributed by atoms with Gasteiger partial charge in [0.1, 0.15) is 5.82 Å². The van der Waals surface area contributed by atoms with Crippen LogP contribution in [0.25, 0.3) is 0 Å². The highest BCUT2D eigenvalue weighted by Gasteiger charge is 2.19. The van der Waals surface area contributed by atoms with Crippen LogP contribution in [0.2, 0.25) is 5.02 Å². The van der Waals surface area contributed by atoms with Crippen LogP contribution >= 0.6 is 11.6 Å². The van der Waals surface area contributed by atoms with Gasteiger partial charge in [0, 0.05) is 11.1 Å². The minimum atomic E-state index is -0.191. The maximum Gasteiger partial charge on any atom is 0.127 e. The molecular formula is C13H17ClFN. The molecule has 2 rings (SSSR count). The zero-order chi connectivity index (χ0) is 11.7. The van der Waals surface area contributed by atoms with E-state index in [1.54, 1.807) is 0 Å². The second-order valence-electron chi connectivity index (χ2n) is 4.57. The zero-order valence-corrected chi connectivity index (χ0v) is 10.5. The van der Waals surface area contributed by atoms with Gasteiger partial charge in [0.25, 0.3) is 0 Å². The van der Waals surface area contributed by atoms with Crippen molar-refractivity contribution in [3.8, 4) is 0 Å². The summed E-state index contributed by atoms with van der Waals surface area (Å²) in [7, 11) is 0. The van der Waals surface area contributed by atoms with Crippen molar-refractivity contribution < 1.29 is 4.39 Å². The zero-order valence-electron chi connectivity index (χ0n) is 9.74. The average Bonchev–Trinajstić information content (AvgIpc) is 2.74. The fraction of sp³-hybridized carbons (Fsp3) is 0.538. The lowest BCUT2D eigenvalue weighted by molar-refractivity contribution is 0.584. The summed E-state index contributed by atoms with van der Waals surface area (Å²) in [5.41, 5.74) is 2.84. The van der Waals surface area contributed by atoms with E-state index in [0.717, 1.165) is 29.7 Å². The molecule has 3 heteroatoms. The van der Waals surface area contributed by atoms with Gasteiger partial charge in [-0.05, 0) is 62.4 Å². The van der Waals surface area contributed by atoms with Crippen LogP contribution in [0.3, 0.4) is 0 Å². The van der Waals surface area contributed by atoms with Crippen LogP contribution in [0.4, 0.5) is 4.39 Å². The van der Waals surface area contributed by atoms with Gasteiger partial charge in [-0.1, -0.05) is 11.6 Å². The molecule has 1 aromatic rings. The SMILES string of the molecule is Cc1c(F)cc(Cl)c(C)c1CC1CCCN1. The molecule has 0 spiro atoms. The van der Waals surface area contributed by atoms with Gasteiger partial charge in [0.15, 0.2) is 0 Å². The fourth-order valence-electron chi connectivity index (χ4n) is 2.38. The molecule has 1 aliphatic heterocycles. The minimum Gasteiger partial charge on any atom is -0.314 e. The summed E-state index contributed by atoms with van der Waals surface area (Å²) in [5, 5.41) is 3.97. The van der Waals surface area contributed by atoms with Crippen molar-refractivity contribution in [2.75, 3.05) is 6.54 Å². The summed E-state index contributed by atoms with van der Waals surface area (Å²) in [6, 6.07) is 1.90. The second-order valence-corrected chi connectivity index (χ2v) is 4.97. The summed E-state index contributed by atoms with van der Waals surface area (Å²) in [6.45, 7) is 4.88. The van der Waals surface area contributed by atoms with E-state index < -0.39 is 0 Å². The largest absolute Gasteiger partial charge is 0.314 e. The van der Waals surface area contributed by atoms with Crippen molar-refractivity contribution in [1.82, 2.24) is 5.32 Å². The molecule has 0 aliphatic carbocycles. The molecule has 1 nitrogen and oxygen atoms in total. The molecule has 0 radical (unpaired) electrons. The summed E-state index contributed by atoms with van der Waals surface area (Å²) in [6.07, 6.45) is 3.27. The van der Waals surface area contributed by atoms with Crippen molar-refractivity contribution in [2.24, 2.45) is 0 Å². The number of benzene rings is 1. The van der Waals surface area contributed by atoms with E-state index in [4.69, 9.17) is 11.6 Å². The van der Waals surface area contributed by atoms with Gasteiger partial charge in [-0.2, -0.15) is 0 Å². The Hall–Kier alpha value is -0.600. The first-order valence-corrected chi connectivity index (χ1v) is 6.15. The molecular weight excluding hydrogens is 225 g/mol. The number of hydrogen-bond acceptors (Lipinski definition) is 1. The van der Waals surface area contributed by atoms with Crippen molar-refractivity contribution in [3.05, 3.63) is 33.6 Å². The quantitative estimate of drug-likeness (QED) is 0.837. The van der Waals surface area contributed by atoms with Gasteiger partial charge in [-0.25, -0.2) is 4.39 Å². The van der Waals surface area contributed by atoms with Crippen molar-refractivity contribution in [3.63, 3.8) is 0 Å². The predicted octanol–water partition coefficient (Wildman–Crippen LogP) is 3.39. The van der Waals surface area contributed by atoms with Crippen LogP contribution in [0.5, 0.6) is 0 Å². The molecule has 1 N–H and O–H groups in total. The molecule has 0 bridgehead atoms. The maximum atomic E-state index is 13.6. The fourth-order valence-corrected chi connectivity index (χ4v) is 2.59. The molecule has 1 saturated heterocycles. The maximum absolute atomic E-state index is 13.6. The van der Waals surface area contributed by atoms with E-state index in [2.05, 4.69) is 5.32 Å². The van der Waals surface area contributed by atoms with E-state index in [-0.39, 0.29) is 5.82 Å². The third-order valence-corrected chi connectivity index (χ3v) is 3.88. The molecule has 0 saturated carbocycles. The Labute approximate surface area is 101 Å². The Kier molecular flexibility index (Phi) is 3.50. The van der Waals surface area contributed by atoms with Gasteiger partial charge < -0.3 is 5.32 Å². The lowest BCUT2D eigenvalue weighted by Gasteiger charge is -2.16. The van der Waals surface area contributed by atoms with Crippen LogP contribution in [0, 0.1) is 19.7 Å². The molecule has 0 aromatic heterocycles. The molecule has 16 heavy (non-hydrogen) atoms. The highest BCUT2D eigenvalue weighted by atomic mass is 35.5. The normalized spacial score (nSPS) is 20.4. The van der Waals surface area contributed by atoms with Crippen LogP contribution in [0.1, 0.15) is 29.5 Å². The summed E-state index contributed by atoms with van der Waals surface area (Å²) in [4.78, 5) is 0. The average molecular weight is 242 g/mol. The van der Waals surface area contributed by atoms with E-state index >= 15 is 0 Å². The van der Waals surface area contributed by atoms with Crippen LogP contribution in [0.15, 0.2) is 6.07 Å². The molecule has 1 aliphatic rings. The van der Waals surface area contributed by atoms with Gasteiger partial charge in [-0.3, -0.25) is 0 Å². The molecule has 1 fully saturated rings. The minimum absolute atomic E-state index is 0.191. The highest BCUT2D eigenvalue weighted by Crippen LogP contribution is 2.27. The Morgan fingerprint density at radius 1 is 1.44 bits per heavy atom. The Balaban J connectivity index is 2.31. The van der Waals surface area contributed by atoms with Gasteiger partial charge in [-0.15, -0.1) is 0 Å². The number of halogens is 2. The van der Waals surface area contributed by atoms with Crippen LogP contribution in [-0.2, 0) is 6.42 Å². The second kappa shape index (κ2) is 4.72. The van der Waals surface area contributed by atoms with Crippen LogP contribution < -0.4 is 5.32 Å². The molecule has 0 amide bonds. The predicted molar refractivity (Wildman–Crippen MR) is 65.6 cm³/mol. The van der Waals surface area contributed by atoms with Crippen LogP contribution in [-0.4, -0.2) is 12.6 Å². The summed E-state index contributed by atoms with van der Waals surface area (Å²) in [5.74, 6) is -0.191. The molecule has 1 aromatic carbocycles. The van der Waals surface area contributed by atoms with Gasteiger partial charge in [0.05, 0.1) is 0 Å². The third-order valence-electron chi connectivity index (χ3n) is 3.49. The summed E-state index contributed by atoms with van der Waals surface area (Å²) >= 11 is 6.02. The van der Waals surface area contributed by atoms with Gasteiger partial charge in [0.2, 0.25) is 0 Å². The number of rotatable bonds is 2. The number of nitrogens with one attached hydrogen (secondary N) is 1. The Bertz CT molecular complexity index is 371. The van der Waals surface area contributed by atoms with Crippen molar-refractivity contribution in [2.45, 2.75) is 39.2 Å². The number of hydrogen-bond donors (Lipinski definition) is 1. The monoisotopic (exact) mass is 241 g/mol. The topological polar surface area (TPSA) is 12.0 Å². The standard InChI is InChI=1S/C13H17ClFN/c1-8-11(6-10-4-3-5-16-10)9(2)13(15)7-12(8)14/h7,10,16H,3-6H2,1-2H3. The lowest BCUT2D eigenvalue weighted by atomic mass is 9.95. The molecule has 1 atom stereocenters. The van der Waals surface area contributed by atoms with E-state index in [1.807, 2.05) is 13.8 Å². The Morgan fingerprint density at radius 3 is 2.81 bits per heavy atom. The van der Waals surface area contributed by atoms with Crippen molar-refractivity contribution in [1.29, 1.82) is 0 Å². The summed E-state index contributed by atoms with van der Waals surface area (Å²) < 4.78 is 13.6. The van der Waals surface area contributed by atoms with E-state index in [1.165, 1.54) is 18.9 Å². The Morgan fingerprint density at radius 2 is 2.19 bits per heavy atom.